The van der Waals surface area contributed by atoms with Crippen LogP contribution >= 0.6 is 7.82 Å². The van der Waals surface area contributed by atoms with Crippen molar-refractivity contribution in [2.75, 3.05) is 0 Å². The largest absolute Gasteiger partial charge is 0.524 e. The number of rotatable bonds is 4. The first-order valence-corrected chi connectivity index (χ1v) is 7.05. The lowest BCUT2D eigenvalue weighted by Gasteiger charge is -2.09. The van der Waals surface area contributed by atoms with Gasteiger partial charge in [-0.05, 0) is 31.2 Å². The van der Waals surface area contributed by atoms with Gasteiger partial charge in [-0.1, -0.05) is 23.8 Å². The Morgan fingerprint density at radius 2 is 1.58 bits per heavy atom. The SMILES string of the molecule is Cc1ccc(Oc2cccc(OP(=O)(O)O)c2)cc1. The van der Waals surface area contributed by atoms with E-state index in [0.29, 0.717) is 11.5 Å². The van der Waals surface area contributed by atoms with Crippen molar-refractivity contribution in [1.29, 1.82) is 0 Å². The second kappa shape index (κ2) is 5.45. The van der Waals surface area contributed by atoms with Gasteiger partial charge in [0.05, 0.1) is 0 Å². The highest BCUT2D eigenvalue weighted by molar-refractivity contribution is 7.46. The zero-order chi connectivity index (χ0) is 13.9. The van der Waals surface area contributed by atoms with Crippen LogP contribution in [-0.4, -0.2) is 9.79 Å². The average Bonchev–Trinajstić information content (AvgIpc) is 2.30. The summed E-state index contributed by atoms with van der Waals surface area (Å²) in [5.74, 6) is 1.13. The first-order valence-electron chi connectivity index (χ1n) is 5.52. The van der Waals surface area contributed by atoms with Crippen molar-refractivity contribution >= 4 is 7.82 Å². The van der Waals surface area contributed by atoms with E-state index in [9.17, 15) is 4.57 Å². The van der Waals surface area contributed by atoms with Gasteiger partial charge < -0.3 is 9.26 Å². The van der Waals surface area contributed by atoms with E-state index in [-0.39, 0.29) is 5.75 Å². The van der Waals surface area contributed by atoms with Gasteiger partial charge in [0.2, 0.25) is 0 Å². The van der Waals surface area contributed by atoms with Gasteiger partial charge in [-0.25, -0.2) is 4.57 Å². The first-order chi connectivity index (χ1) is 8.92. The Labute approximate surface area is 110 Å². The summed E-state index contributed by atoms with van der Waals surface area (Å²) < 4.78 is 20.8. The molecule has 0 spiro atoms. The van der Waals surface area contributed by atoms with Gasteiger partial charge in [-0.15, -0.1) is 0 Å². The summed E-state index contributed by atoms with van der Waals surface area (Å²) in [5, 5.41) is 0. The molecule has 0 aliphatic rings. The first kappa shape index (κ1) is 13.6. The predicted octanol–water partition coefficient (Wildman–Crippen LogP) is 3.26. The molecule has 2 N–H and O–H groups in total. The van der Waals surface area contributed by atoms with Crippen LogP contribution in [0.5, 0.6) is 17.2 Å². The zero-order valence-corrected chi connectivity index (χ0v) is 11.1. The lowest BCUT2D eigenvalue weighted by molar-refractivity contribution is 0.283. The molecule has 0 amide bonds. The minimum atomic E-state index is -4.55. The summed E-state index contributed by atoms with van der Waals surface area (Å²) in [6.45, 7) is 1.97. The van der Waals surface area contributed by atoms with E-state index in [0.717, 1.165) is 5.56 Å². The molecule has 0 unspecified atom stereocenters. The molecule has 0 radical (unpaired) electrons. The molecule has 19 heavy (non-hydrogen) atoms. The molecule has 5 nitrogen and oxygen atoms in total. The van der Waals surface area contributed by atoms with Crippen LogP contribution < -0.4 is 9.26 Å². The molecular weight excluding hydrogens is 267 g/mol. The highest BCUT2D eigenvalue weighted by Gasteiger charge is 2.16. The molecule has 2 aromatic rings. The van der Waals surface area contributed by atoms with Crippen LogP contribution in [0.15, 0.2) is 48.5 Å². The van der Waals surface area contributed by atoms with Crippen molar-refractivity contribution in [3.8, 4) is 17.2 Å². The third kappa shape index (κ3) is 4.41. The Morgan fingerprint density at radius 3 is 2.21 bits per heavy atom. The molecule has 2 rings (SSSR count). The third-order valence-corrected chi connectivity index (χ3v) is 2.74. The number of hydrogen-bond donors (Lipinski definition) is 2. The predicted molar refractivity (Wildman–Crippen MR) is 70.4 cm³/mol. The molecule has 0 heterocycles. The van der Waals surface area contributed by atoms with Gasteiger partial charge in [0.25, 0.3) is 0 Å². The van der Waals surface area contributed by atoms with Crippen LogP contribution in [0.1, 0.15) is 5.56 Å². The molecule has 100 valence electrons. The normalized spacial score (nSPS) is 11.1. The van der Waals surface area contributed by atoms with Gasteiger partial charge in [0, 0.05) is 6.07 Å². The smallest absolute Gasteiger partial charge is 0.457 e. The fraction of sp³-hybridized carbons (Fsp3) is 0.0769. The van der Waals surface area contributed by atoms with Crippen LogP contribution in [-0.2, 0) is 4.57 Å². The van der Waals surface area contributed by atoms with E-state index >= 15 is 0 Å². The topological polar surface area (TPSA) is 76.0 Å². The van der Waals surface area contributed by atoms with Crippen LogP contribution in [0.2, 0.25) is 0 Å². The molecule has 0 saturated heterocycles. The third-order valence-electron chi connectivity index (χ3n) is 2.29. The van der Waals surface area contributed by atoms with Gasteiger partial charge >= 0.3 is 7.82 Å². The highest BCUT2D eigenvalue weighted by Crippen LogP contribution is 2.38. The standard InChI is InChI=1S/C13H13O5P/c1-10-5-7-11(8-6-10)17-12-3-2-4-13(9-12)18-19(14,15)16/h2-9H,1H3,(H2,14,15,16). The van der Waals surface area contributed by atoms with Crippen LogP contribution in [0.4, 0.5) is 0 Å². The van der Waals surface area contributed by atoms with Crippen LogP contribution in [0, 0.1) is 6.92 Å². The highest BCUT2D eigenvalue weighted by atomic mass is 31.2. The van der Waals surface area contributed by atoms with Crippen molar-refractivity contribution in [3.05, 3.63) is 54.1 Å². The Balaban J connectivity index is 2.15. The molecule has 0 atom stereocenters. The molecule has 0 saturated carbocycles. The number of aryl methyl sites for hydroxylation is 1. The molecule has 0 aromatic heterocycles. The van der Waals surface area contributed by atoms with Crippen molar-refractivity contribution in [3.63, 3.8) is 0 Å². The number of hydrogen-bond acceptors (Lipinski definition) is 3. The summed E-state index contributed by atoms with van der Waals surface area (Å²) in [5.41, 5.74) is 1.12. The lowest BCUT2D eigenvalue weighted by Crippen LogP contribution is -1.91. The number of phosphoric ester groups is 1. The van der Waals surface area contributed by atoms with Gasteiger partial charge in [-0.2, -0.15) is 0 Å². The summed E-state index contributed by atoms with van der Waals surface area (Å²) in [6.07, 6.45) is 0. The number of ether oxygens (including phenoxy) is 1. The average molecular weight is 280 g/mol. The van der Waals surface area contributed by atoms with E-state index in [1.807, 2.05) is 31.2 Å². The maximum absolute atomic E-state index is 10.7. The number of phosphoric acid groups is 1. The molecular formula is C13H13O5P. The van der Waals surface area contributed by atoms with Gasteiger partial charge in [0.1, 0.15) is 17.2 Å². The minimum absolute atomic E-state index is 0.0537. The van der Waals surface area contributed by atoms with E-state index in [1.165, 1.54) is 12.1 Å². The monoisotopic (exact) mass is 280 g/mol. The quantitative estimate of drug-likeness (QED) is 0.841. The maximum Gasteiger partial charge on any atom is 0.524 e. The van der Waals surface area contributed by atoms with E-state index < -0.39 is 7.82 Å². The summed E-state index contributed by atoms with van der Waals surface area (Å²) >= 11 is 0. The van der Waals surface area contributed by atoms with Gasteiger partial charge in [-0.3, -0.25) is 9.79 Å². The Kier molecular flexibility index (Phi) is 3.90. The van der Waals surface area contributed by atoms with Crippen molar-refractivity contribution in [2.24, 2.45) is 0 Å². The molecule has 0 fully saturated rings. The second-order valence-electron chi connectivity index (χ2n) is 3.97. The number of benzene rings is 2. The molecule has 0 aliphatic heterocycles. The van der Waals surface area contributed by atoms with Crippen LogP contribution in [0.25, 0.3) is 0 Å². The molecule has 0 aliphatic carbocycles. The molecule has 2 aromatic carbocycles. The Hall–Kier alpha value is -1.81. The van der Waals surface area contributed by atoms with E-state index in [1.54, 1.807) is 12.1 Å². The second-order valence-corrected chi connectivity index (χ2v) is 5.14. The molecule has 0 bridgehead atoms. The Morgan fingerprint density at radius 1 is 0.947 bits per heavy atom. The summed E-state index contributed by atoms with van der Waals surface area (Å²) in [6, 6.07) is 13.6. The fourth-order valence-electron chi connectivity index (χ4n) is 1.47. The van der Waals surface area contributed by atoms with Crippen molar-refractivity contribution < 1.29 is 23.6 Å². The van der Waals surface area contributed by atoms with E-state index in [4.69, 9.17) is 14.5 Å². The lowest BCUT2D eigenvalue weighted by atomic mass is 10.2. The van der Waals surface area contributed by atoms with Gasteiger partial charge in [0.15, 0.2) is 0 Å². The van der Waals surface area contributed by atoms with Crippen molar-refractivity contribution in [2.45, 2.75) is 6.92 Å². The fourth-order valence-corrected chi connectivity index (χ4v) is 1.86. The summed E-state index contributed by atoms with van der Waals surface area (Å²) in [4.78, 5) is 17.5. The zero-order valence-electron chi connectivity index (χ0n) is 10.2. The van der Waals surface area contributed by atoms with Crippen molar-refractivity contribution in [1.82, 2.24) is 0 Å². The molecule has 6 heteroatoms. The minimum Gasteiger partial charge on any atom is -0.457 e. The summed E-state index contributed by atoms with van der Waals surface area (Å²) in [7, 11) is -4.55. The maximum atomic E-state index is 10.7. The Bertz CT molecular complexity index is 603. The van der Waals surface area contributed by atoms with E-state index in [2.05, 4.69) is 4.52 Å². The van der Waals surface area contributed by atoms with Crippen LogP contribution in [0.3, 0.4) is 0 Å².